The van der Waals surface area contributed by atoms with Crippen molar-refractivity contribution in [1.82, 2.24) is 0 Å². The van der Waals surface area contributed by atoms with Gasteiger partial charge in [-0.2, -0.15) is 8.42 Å². The summed E-state index contributed by atoms with van der Waals surface area (Å²) in [5.41, 5.74) is 2.24. The molecule has 8 heteroatoms. The van der Waals surface area contributed by atoms with Gasteiger partial charge in [-0.25, -0.2) is 8.42 Å². The molecule has 0 unspecified atom stereocenters. The second-order valence-electron chi connectivity index (χ2n) is 8.45. The summed E-state index contributed by atoms with van der Waals surface area (Å²) < 4.78 is 66.4. The molecule has 0 amide bonds. The minimum absolute atomic E-state index is 0.00662. The maximum atomic E-state index is 13.1. The third kappa shape index (κ3) is 5.42. The van der Waals surface area contributed by atoms with Crippen LogP contribution in [0.5, 0.6) is 5.75 Å². The normalized spacial score (nSPS) is 12.8. The van der Waals surface area contributed by atoms with Crippen LogP contribution in [0.15, 0.2) is 40.1 Å². The minimum Gasteiger partial charge on any atom is -0.744 e. The number of aryl methyl sites for hydroxylation is 1. The molecule has 2 rings (SSSR count). The Bertz CT molecular complexity index is 1120. The van der Waals surface area contributed by atoms with Crippen LogP contribution in [-0.2, 0) is 20.2 Å². The van der Waals surface area contributed by atoms with Crippen molar-refractivity contribution in [2.45, 2.75) is 76.0 Å². The lowest BCUT2D eigenvalue weighted by Gasteiger charge is -2.19. The van der Waals surface area contributed by atoms with Gasteiger partial charge in [0.25, 0.3) is 0 Å². The summed E-state index contributed by atoms with van der Waals surface area (Å²) in [6.45, 7) is 12.9. The third-order valence-corrected chi connectivity index (χ3v) is 7.08. The van der Waals surface area contributed by atoms with E-state index in [0.717, 1.165) is 11.1 Å². The van der Waals surface area contributed by atoms with Crippen molar-refractivity contribution in [2.24, 2.45) is 0 Å². The first-order valence-corrected chi connectivity index (χ1v) is 12.6. The van der Waals surface area contributed by atoms with E-state index in [-0.39, 0.29) is 44.4 Å². The van der Waals surface area contributed by atoms with Crippen molar-refractivity contribution < 1.29 is 25.6 Å². The number of benzene rings is 2. The fraction of sp³-hybridized carbons (Fsp3) is 0.455. The second-order valence-corrected chi connectivity index (χ2v) is 11.3. The number of hydrogen-bond donors (Lipinski definition) is 0. The van der Waals surface area contributed by atoms with Gasteiger partial charge in [-0.15, -0.1) is 0 Å². The number of hydrogen-bond acceptors (Lipinski definition) is 6. The van der Waals surface area contributed by atoms with Crippen molar-refractivity contribution >= 4 is 20.2 Å². The van der Waals surface area contributed by atoms with Gasteiger partial charge in [-0.1, -0.05) is 47.6 Å². The summed E-state index contributed by atoms with van der Waals surface area (Å²) >= 11 is 0. The molecule has 166 valence electrons. The number of rotatable bonds is 7. The van der Waals surface area contributed by atoms with Crippen molar-refractivity contribution in [2.75, 3.05) is 0 Å². The summed E-state index contributed by atoms with van der Waals surface area (Å²) in [4.78, 5) is -0.313. The average molecular weight is 454 g/mol. The first kappa shape index (κ1) is 24.4. The van der Waals surface area contributed by atoms with Crippen molar-refractivity contribution in [1.29, 1.82) is 0 Å². The van der Waals surface area contributed by atoms with Gasteiger partial charge in [0.15, 0.2) is 0 Å². The Kier molecular flexibility index (Phi) is 7.06. The Labute approximate surface area is 180 Å². The van der Waals surface area contributed by atoms with Gasteiger partial charge in [-0.3, -0.25) is 0 Å². The largest absolute Gasteiger partial charge is 0.744 e. The van der Waals surface area contributed by atoms with Crippen LogP contribution in [0.2, 0.25) is 0 Å². The molecule has 0 radical (unpaired) electrons. The highest BCUT2D eigenvalue weighted by atomic mass is 32.2. The van der Waals surface area contributed by atoms with E-state index in [4.69, 9.17) is 4.18 Å². The standard InChI is InChI=1S/C22H30O6S2/c1-13(2)17-9-18(14(3)4)11-19(10-17)30(26,27)28-21-12-20(15(5)6)22(8-16(21)7)29(23,24)25/h8-15H,1-7H3,(H,23,24,25)/p-1. The summed E-state index contributed by atoms with van der Waals surface area (Å²) in [5.74, 6) is -0.0414. The van der Waals surface area contributed by atoms with Gasteiger partial charge in [0.2, 0.25) is 0 Å². The van der Waals surface area contributed by atoms with E-state index in [2.05, 4.69) is 0 Å². The zero-order chi connectivity index (χ0) is 23.0. The van der Waals surface area contributed by atoms with Gasteiger partial charge in [0.05, 0.1) is 4.90 Å². The molecule has 0 heterocycles. The molecule has 0 saturated heterocycles. The maximum Gasteiger partial charge on any atom is 0.339 e. The molecule has 0 N–H and O–H groups in total. The van der Waals surface area contributed by atoms with Crippen LogP contribution in [0, 0.1) is 6.92 Å². The second kappa shape index (κ2) is 8.69. The SMILES string of the molecule is Cc1cc(S(=O)(=O)[O-])c(C(C)C)cc1OS(=O)(=O)c1cc(C(C)C)cc(C(C)C)c1. The van der Waals surface area contributed by atoms with E-state index < -0.39 is 20.2 Å². The molecule has 0 spiro atoms. The zero-order valence-electron chi connectivity index (χ0n) is 18.4. The van der Waals surface area contributed by atoms with Gasteiger partial charge in [0.1, 0.15) is 20.8 Å². The van der Waals surface area contributed by atoms with E-state index in [1.165, 1.54) is 19.1 Å². The topological polar surface area (TPSA) is 101 Å². The van der Waals surface area contributed by atoms with E-state index in [1.807, 2.05) is 33.8 Å². The first-order valence-electron chi connectivity index (χ1n) is 9.83. The van der Waals surface area contributed by atoms with Crippen LogP contribution in [0.4, 0.5) is 0 Å². The molecule has 0 saturated carbocycles. The third-order valence-electron chi connectivity index (χ3n) is 4.97. The van der Waals surface area contributed by atoms with E-state index >= 15 is 0 Å². The molecule has 30 heavy (non-hydrogen) atoms. The molecular weight excluding hydrogens is 424 g/mol. The van der Waals surface area contributed by atoms with E-state index in [9.17, 15) is 21.4 Å². The Morgan fingerprint density at radius 1 is 0.767 bits per heavy atom. The Morgan fingerprint density at radius 2 is 1.27 bits per heavy atom. The van der Waals surface area contributed by atoms with Crippen molar-refractivity contribution in [3.05, 3.63) is 52.6 Å². The monoisotopic (exact) mass is 453 g/mol. The molecule has 6 nitrogen and oxygen atoms in total. The highest BCUT2D eigenvalue weighted by Gasteiger charge is 2.23. The van der Waals surface area contributed by atoms with E-state index in [1.54, 1.807) is 26.0 Å². The Hall–Kier alpha value is -1.90. The van der Waals surface area contributed by atoms with Crippen LogP contribution in [0.25, 0.3) is 0 Å². The molecule has 2 aromatic carbocycles. The molecule has 0 bridgehead atoms. The smallest absolute Gasteiger partial charge is 0.339 e. The fourth-order valence-electron chi connectivity index (χ4n) is 3.06. The predicted molar refractivity (Wildman–Crippen MR) is 116 cm³/mol. The van der Waals surface area contributed by atoms with Gasteiger partial charge >= 0.3 is 10.1 Å². The maximum absolute atomic E-state index is 13.1. The van der Waals surface area contributed by atoms with Gasteiger partial charge in [-0.05, 0) is 71.2 Å². The van der Waals surface area contributed by atoms with Gasteiger partial charge in [0, 0.05) is 0 Å². The molecule has 0 fully saturated rings. The summed E-state index contributed by atoms with van der Waals surface area (Å²) in [7, 11) is -8.87. The van der Waals surface area contributed by atoms with Crippen LogP contribution in [0.1, 0.15) is 81.5 Å². The fourth-order valence-corrected chi connectivity index (χ4v) is 5.04. The quantitative estimate of drug-likeness (QED) is 0.430. The molecule has 0 aliphatic heterocycles. The average Bonchev–Trinajstić information content (AvgIpc) is 2.61. The Morgan fingerprint density at radius 3 is 1.67 bits per heavy atom. The van der Waals surface area contributed by atoms with Crippen LogP contribution >= 0.6 is 0 Å². The van der Waals surface area contributed by atoms with E-state index in [0.29, 0.717) is 0 Å². The lowest BCUT2D eigenvalue weighted by Crippen LogP contribution is -2.13. The van der Waals surface area contributed by atoms with Crippen LogP contribution < -0.4 is 4.18 Å². The minimum atomic E-state index is -4.70. The Balaban J connectivity index is 2.61. The highest BCUT2D eigenvalue weighted by Crippen LogP contribution is 2.33. The molecule has 0 atom stereocenters. The summed E-state index contributed by atoms with van der Waals surface area (Å²) in [5, 5.41) is 0. The molecule has 2 aromatic rings. The highest BCUT2D eigenvalue weighted by molar-refractivity contribution is 7.87. The zero-order valence-corrected chi connectivity index (χ0v) is 20.0. The summed E-state index contributed by atoms with van der Waals surface area (Å²) in [6.07, 6.45) is 0. The van der Waals surface area contributed by atoms with Crippen molar-refractivity contribution in [3.8, 4) is 5.75 Å². The molecular formula is C22H29O6S2-. The summed E-state index contributed by atoms with van der Waals surface area (Å²) in [6, 6.07) is 7.69. The molecule has 0 aromatic heterocycles. The van der Waals surface area contributed by atoms with Gasteiger partial charge < -0.3 is 8.74 Å². The van der Waals surface area contributed by atoms with Crippen LogP contribution in [0.3, 0.4) is 0 Å². The van der Waals surface area contributed by atoms with Crippen LogP contribution in [-0.4, -0.2) is 21.4 Å². The lowest BCUT2D eigenvalue weighted by atomic mass is 9.96. The lowest BCUT2D eigenvalue weighted by molar-refractivity contribution is 0.461. The molecule has 0 aliphatic carbocycles. The van der Waals surface area contributed by atoms with Crippen molar-refractivity contribution in [3.63, 3.8) is 0 Å². The predicted octanol–water partition coefficient (Wildman–Crippen LogP) is 5.04. The first-order chi connectivity index (χ1) is 13.6. The molecule has 0 aliphatic rings.